The minimum absolute atomic E-state index is 0.319. The zero-order chi connectivity index (χ0) is 14.7. The molecule has 0 atom stereocenters. The van der Waals surface area contributed by atoms with Crippen LogP contribution in [0.5, 0.6) is 0 Å². The molecule has 0 aliphatic rings. The van der Waals surface area contributed by atoms with Gasteiger partial charge in [-0.1, -0.05) is 33.8 Å². The molecule has 0 amide bonds. The van der Waals surface area contributed by atoms with Gasteiger partial charge in [0.2, 0.25) is 6.08 Å². The number of thiophene rings is 1. The fraction of sp³-hybridized carbons (Fsp3) is 0.353. The van der Waals surface area contributed by atoms with Crippen LogP contribution in [0.25, 0.3) is 10.4 Å². The quantitative estimate of drug-likeness (QED) is 0.529. The Bertz CT molecular complexity index is 606. The summed E-state index contributed by atoms with van der Waals surface area (Å²) in [5.41, 5.74) is 4.23. The van der Waals surface area contributed by atoms with Gasteiger partial charge in [-0.25, -0.2) is 4.79 Å². The largest absolute Gasteiger partial charge is 0.240 e. The van der Waals surface area contributed by atoms with Gasteiger partial charge < -0.3 is 0 Å². The molecule has 2 aromatic rings. The van der Waals surface area contributed by atoms with Crippen LogP contribution >= 0.6 is 11.3 Å². The van der Waals surface area contributed by atoms with E-state index < -0.39 is 0 Å². The summed E-state index contributed by atoms with van der Waals surface area (Å²) in [6, 6.07) is 8.48. The van der Waals surface area contributed by atoms with E-state index in [0.29, 0.717) is 11.8 Å². The molecule has 20 heavy (non-hydrogen) atoms. The van der Waals surface area contributed by atoms with E-state index in [1.54, 1.807) is 17.4 Å². The van der Waals surface area contributed by atoms with Crippen LogP contribution in [0.2, 0.25) is 0 Å². The van der Waals surface area contributed by atoms with Crippen molar-refractivity contribution in [3.8, 4) is 10.4 Å². The third-order valence-electron chi connectivity index (χ3n) is 3.38. The molecular weight excluding hydrogens is 266 g/mol. The van der Waals surface area contributed by atoms with E-state index in [1.165, 1.54) is 10.4 Å². The van der Waals surface area contributed by atoms with Crippen molar-refractivity contribution in [3.05, 3.63) is 40.8 Å². The van der Waals surface area contributed by atoms with E-state index in [4.69, 9.17) is 0 Å². The number of nitrogens with zero attached hydrogens (tertiary/aromatic N) is 1. The first kappa shape index (κ1) is 14.7. The highest BCUT2D eigenvalue weighted by Crippen LogP contribution is 2.39. The van der Waals surface area contributed by atoms with Crippen molar-refractivity contribution in [1.29, 1.82) is 0 Å². The van der Waals surface area contributed by atoms with Crippen molar-refractivity contribution >= 4 is 23.1 Å². The van der Waals surface area contributed by atoms with Crippen LogP contribution in [0.4, 0.5) is 5.69 Å². The molecule has 0 aliphatic carbocycles. The van der Waals surface area contributed by atoms with Crippen LogP contribution in [0, 0.1) is 0 Å². The summed E-state index contributed by atoms with van der Waals surface area (Å²) in [5.74, 6) is 0.638. The van der Waals surface area contributed by atoms with Gasteiger partial charge in [0, 0.05) is 4.88 Å². The van der Waals surface area contributed by atoms with Gasteiger partial charge in [0.05, 0.1) is 5.69 Å². The molecule has 0 radical (unpaired) electrons. The number of carbonyl (C=O) groups excluding carboxylic acids is 1. The molecule has 1 aromatic carbocycles. The van der Waals surface area contributed by atoms with Crippen molar-refractivity contribution in [1.82, 2.24) is 0 Å². The monoisotopic (exact) mass is 285 g/mol. The summed E-state index contributed by atoms with van der Waals surface area (Å²) >= 11 is 1.73. The zero-order valence-corrected chi connectivity index (χ0v) is 13.1. The maximum atomic E-state index is 10.7. The summed E-state index contributed by atoms with van der Waals surface area (Å²) in [4.78, 5) is 16.0. The highest BCUT2D eigenvalue weighted by Gasteiger charge is 2.16. The Hall–Kier alpha value is -1.70. The average molecular weight is 285 g/mol. The lowest BCUT2D eigenvalue weighted by atomic mass is 9.90. The average Bonchev–Trinajstić information content (AvgIpc) is 2.92. The minimum atomic E-state index is 0.319. The van der Waals surface area contributed by atoms with Crippen molar-refractivity contribution in [2.24, 2.45) is 4.99 Å². The molecule has 1 aromatic heterocycles. The second-order valence-corrected chi connectivity index (χ2v) is 6.44. The molecule has 0 spiro atoms. The topological polar surface area (TPSA) is 29.4 Å². The van der Waals surface area contributed by atoms with Gasteiger partial charge in [0.1, 0.15) is 0 Å². The van der Waals surface area contributed by atoms with Gasteiger partial charge in [-0.05, 0) is 52.1 Å². The van der Waals surface area contributed by atoms with Gasteiger partial charge in [-0.15, -0.1) is 11.3 Å². The van der Waals surface area contributed by atoms with Gasteiger partial charge in [-0.2, -0.15) is 4.99 Å². The Morgan fingerprint density at radius 2 is 1.70 bits per heavy atom. The van der Waals surface area contributed by atoms with Gasteiger partial charge in [0.25, 0.3) is 0 Å². The first-order valence-electron chi connectivity index (χ1n) is 6.84. The Morgan fingerprint density at radius 3 is 2.10 bits per heavy atom. The van der Waals surface area contributed by atoms with E-state index in [2.05, 4.69) is 62.3 Å². The molecule has 0 bridgehead atoms. The van der Waals surface area contributed by atoms with Gasteiger partial charge in [0.15, 0.2) is 0 Å². The van der Waals surface area contributed by atoms with E-state index in [-0.39, 0.29) is 0 Å². The fourth-order valence-corrected chi connectivity index (χ4v) is 3.03. The fourth-order valence-electron chi connectivity index (χ4n) is 2.32. The van der Waals surface area contributed by atoms with Crippen LogP contribution in [0.1, 0.15) is 50.7 Å². The van der Waals surface area contributed by atoms with E-state index in [0.717, 1.165) is 16.8 Å². The van der Waals surface area contributed by atoms with Crippen molar-refractivity contribution < 1.29 is 4.79 Å². The van der Waals surface area contributed by atoms with Crippen molar-refractivity contribution in [2.75, 3.05) is 0 Å². The maximum absolute atomic E-state index is 10.7. The second kappa shape index (κ2) is 6.17. The first-order valence-corrected chi connectivity index (χ1v) is 7.72. The van der Waals surface area contributed by atoms with Crippen molar-refractivity contribution in [3.63, 3.8) is 0 Å². The van der Waals surface area contributed by atoms with E-state index in [1.807, 2.05) is 0 Å². The number of hydrogen-bond donors (Lipinski definition) is 0. The summed E-state index contributed by atoms with van der Waals surface area (Å²) in [6.45, 7) is 8.51. The Morgan fingerprint density at radius 1 is 1.10 bits per heavy atom. The number of rotatable bonds is 4. The Kier molecular flexibility index (Phi) is 4.53. The molecule has 0 N–H and O–H groups in total. The molecule has 0 aliphatic heterocycles. The maximum Gasteiger partial charge on any atom is 0.240 e. The molecule has 0 saturated carbocycles. The number of isocyanates is 1. The van der Waals surface area contributed by atoms with Crippen LogP contribution < -0.4 is 0 Å². The lowest BCUT2D eigenvalue weighted by Crippen LogP contribution is -1.97. The minimum Gasteiger partial charge on any atom is -0.211 e. The molecule has 2 nitrogen and oxygen atoms in total. The normalized spacial score (nSPS) is 10.9. The van der Waals surface area contributed by atoms with Crippen LogP contribution in [-0.4, -0.2) is 6.08 Å². The first-order chi connectivity index (χ1) is 9.54. The van der Waals surface area contributed by atoms with Crippen LogP contribution in [-0.2, 0) is 4.79 Å². The van der Waals surface area contributed by atoms with Gasteiger partial charge >= 0.3 is 0 Å². The molecule has 0 unspecified atom stereocenters. The molecule has 3 heteroatoms. The van der Waals surface area contributed by atoms with Crippen LogP contribution in [0.15, 0.2) is 34.6 Å². The summed E-state index contributed by atoms with van der Waals surface area (Å²) in [5, 5.41) is 2.08. The lowest BCUT2D eigenvalue weighted by molar-refractivity contribution is 0.565. The second-order valence-electron chi connectivity index (χ2n) is 5.49. The predicted octanol–water partition coefficient (Wildman–Crippen LogP) is 5.63. The van der Waals surface area contributed by atoms with Crippen molar-refractivity contribution in [2.45, 2.75) is 39.5 Å². The predicted molar refractivity (Wildman–Crippen MR) is 85.7 cm³/mol. The highest BCUT2D eigenvalue weighted by molar-refractivity contribution is 7.13. The number of benzene rings is 1. The zero-order valence-electron chi connectivity index (χ0n) is 12.3. The Balaban J connectivity index is 2.73. The molecule has 1 heterocycles. The molecule has 0 fully saturated rings. The van der Waals surface area contributed by atoms with Crippen LogP contribution in [0.3, 0.4) is 0 Å². The molecular formula is C17H19NOS. The molecule has 104 valence electrons. The van der Waals surface area contributed by atoms with Gasteiger partial charge in [-0.3, -0.25) is 0 Å². The van der Waals surface area contributed by atoms with E-state index in [9.17, 15) is 4.79 Å². The lowest BCUT2D eigenvalue weighted by Gasteiger charge is -2.17. The summed E-state index contributed by atoms with van der Waals surface area (Å²) < 4.78 is 0. The SMILES string of the molecule is CC(C)c1cc(-c2cccs2)cc(C(C)C)c1N=C=O. The summed E-state index contributed by atoms with van der Waals surface area (Å²) in [6.07, 6.45) is 1.71. The highest BCUT2D eigenvalue weighted by atomic mass is 32.1. The standard InChI is InChI=1S/C17H19NOS/c1-11(2)14-8-13(16-6-5-7-20-16)9-15(12(3)4)17(14)18-10-19/h5-9,11-12H,1-4H3. The molecule has 2 rings (SSSR count). The third kappa shape index (κ3) is 2.90. The third-order valence-corrected chi connectivity index (χ3v) is 4.29. The van der Waals surface area contributed by atoms with E-state index >= 15 is 0 Å². The number of aliphatic imine (C=N–C) groups is 1. The smallest absolute Gasteiger partial charge is 0.211 e. The summed E-state index contributed by atoms with van der Waals surface area (Å²) in [7, 11) is 0. The number of hydrogen-bond acceptors (Lipinski definition) is 3. The molecule has 0 saturated heterocycles. The Labute approximate surface area is 124 Å².